The zero-order valence-electron chi connectivity index (χ0n) is 9.94. The van der Waals surface area contributed by atoms with E-state index in [0.29, 0.717) is 19.6 Å². The molecule has 2 N–H and O–H groups in total. The number of hydrogen-bond donors (Lipinski definition) is 1. The lowest BCUT2D eigenvalue weighted by Crippen LogP contribution is -2.27. The van der Waals surface area contributed by atoms with Crippen LogP contribution < -0.4 is 10.5 Å². The zero-order valence-corrected chi connectivity index (χ0v) is 9.94. The molecule has 0 aromatic heterocycles. The summed E-state index contributed by atoms with van der Waals surface area (Å²) in [5.74, 6) is 0.493. The summed E-state index contributed by atoms with van der Waals surface area (Å²) in [7, 11) is 0. The molecule has 17 heavy (non-hydrogen) atoms. The van der Waals surface area contributed by atoms with E-state index in [9.17, 15) is 4.79 Å². The summed E-state index contributed by atoms with van der Waals surface area (Å²) in [6.07, 6.45) is 0.947. The molecule has 2 rings (SSSR count). The lowest BCUT2D eigenvalue weighted by atomic mass is 10.0. The Balaban J connectivity index is 2.08. The van der Waals surface area contributed by atoms with Gasteiger partial charge in [-0.15, -0.1) is 0 Å². The van der Waals surface area contributed by atoms with Crippen molar-refractivity contribution < 1.29 is 14.3 Å². The maximum absolute atomic E-state index is 11.6. The van der Waals surface area contributed by atoms with Crippen LogP contribution in [0.25, 0.3) is 0 Å². The van der Waals surface area contributed by atoms with Gasteiger partial charge in [-0.2, -0.15) is 0 Å². The molecule has 1 aliphatic heterocycles. The van der Waals surface area contributed by atoms with E-state index in [1.807, 2.05) is 12.1 Å². The Kier molecular flexibility index (Phi) is 3.64. The first-order valence-electron chi connectivity index (χ1n) is 5.89. The zero-order chi connectivity index (χ0) is 12.3. The number of fused-ring (bicyclic) bond motifs is 1. The fourth-order valence-electron chi connectivity index (χ4n) is 1.99. The van der Waals surface area contributed by atoms with E-state index >= 15 is 0 Å². The van der Waals surface area contributed by atoms with Crippen LogP contribution in [0.15, 0.2) is 18.2 Å². The van der Waals surface area contributed by atoms with Gasteiger partial charge in [0.05, 0.1) is 6.61 Å². The lowest BCUT2D eigenvalue weighted by molar-refractivity contribution is -0.150. The summed E-state index contributed by atoms with van der Waals surface area (Å²) >= 11 is 0. The first-order valence-corrected chi connectivity index (χ1v) is 5.89. The average molecular weight is 235 g/mol. The fraction of sp³-hybridized carbons (Fsp3) is 0.462. The number of ether oxygens (including phenoxy) is 2. The monoisotopic (exact) mass is 235 g/mol. The van der Waals surface area contributed by atoms with E-state index in [-0.39, 0.29) is 5.97 Å². The molecule has 4 nitrogen and oxygen atoms in total. The number of rotatable bonds is 4. The van der Waals surface area contributed by atoms with Crippen LogP contribution >= 0.6 is 0 Å². The topological polar surface area (TPSA) is 61.5 Å². The van der Waals surface area contributed by atoms with Crippen molar-refractivity contribution in [3.63, 3.8) is 0 Å². The summed E-state index contributed by atoms with van der Waals surface area (Å²) in [4.78, 5) is 11.6. The van der Waals surface area contributed by atoms with Gasteiger partial charge < -0.3 is 15.2 Å². The molecule has 0 saturated heterocycles. The molecule has 0 spiro atoms. The quantitative estimate of drug-likeness (QED) is 0.792. The molecular formula is C13H17NO3. The normalized spacial score (nSPS) is 17.4. The molecule has 1 atom stereocenters. The van der Waals surface area contributed by atoms with E-state index in [4.69, 9.17) is 15.2 Å². The minimum atomic E-state index is -0.488. The predicted octanol–water partition coefficient (Wildman–Crippen LogP) is 1.05. The number of carbonyl (C=O) groups is 1. The van der Waals surface area contributed by atoms with Gasteiger partial charge in [0.1, 0.15) is 5.75 Å². The van der Waals surface area contributed by atoms with E-state index in [1.165, 1.54) is 5.56 Å². The molecule has 0 fully saturated rings. The summed E-state index contributed by atoms with van der Waals surface area (Å²) < 4.78 is 10.5. The van der Waals surface area contributed by atoms with E-state index in [0.717, 1.165) is 17.7 Å². The van der Waals surface area contributed by atoms with Gasteiger partial charge in [-0.1, -0.05) is 12.1 Å². The molecule has 0 saturated carbocycles. The second kappa shape index (κ2) is 5.19. The van der Waals surface area contributed by atoms with Crippen molar-refractivity contribution in [3.05, 3.63) is 29.3 Å². The Morgan fingerprint density at radius 3 is 3.12 bits per heavy atom. The highest BCUT2D eigenvalue weighted by molar-refractivity contribution is 5.76. The summed E-state index contributed by atoms with van der Waals surface area (Å²) in [5.41, 5.74) is 7.76. The minimum Gasteiger partial charge on any atom is -0.478 e. The molecule has 0 amide bonds. The van der Waals surface area contributed by atoms with E-state index in [2.05, 4.69) is 6.07 Å². The van der Waals surface area contributed by atoms with Gasteiger partial charge in [0.15, 0.2) is 6.10 Å². The highest BCUT2D eigenvalue weighted by Gasteiger charge is 2.30. The number of benzene rings is 1. The summed E-state index contributed by atoms with van der Waals surface area (Å²) in [6.45, 7) is 2.80. The third-order valence-electron chi connectivity index (χ3n) is 2.78. The number of nitrogens with two attached hydrogens (primary N) is 1. The molecular weight excluding hydrogens is 218 g/mol. The highest BCUT2D eigenvalue weighted by atomic mass is 16.6. The number of hydrogen-bond acceptors (Lipinski definition) is 4. The fourth-order valence-corrected chi connectivity index (χ4v) is 1.99. The summed E-state index contributed by atoms with van der Waals surface area (Å²) in [6, 6.07) is 5.94. The molecule has 1 aromatic rings. The Labute approximate surface area is 101 Å². The van der Waals surface area contributed by atoms with Gasteiger partial charge >= 0.3 is 5.97 Å². The molecule has 1 aliphatic rings. The van der Waals surface area contributed by atoms with Crippen molar-refractivity contribution in [2.24, 2.45) is 5.73 Å². The van der Waals surface area contributed by atoms with E-state index in [1.54, 1.807) is 6.92 Å². The molecule has 0 aliphatic carbocycles. The maximum atomic E-state index is 11.6. The van der Waals surface area contributed by atoms with Crippen molar-refractivity contribution in [1.82, 2.24) is 0 Å². The second-order valence-electron chi connectivity index (χ2n) is 4.04. The Hall–Kier alpha value is -1.55. The third kappa shape index (κ3) is 2.58. The minimum absolute atomic E-state index is 0.288. The van der Waals surface area contributed by atoms with Crippen LogP contribution in [0.4, 0.5) is 0 Å². The van der Waals surface area contributed by atoms with Crippen molar-refractivity contribution in [2.75, 3.05) is 13.2 Å². The lowest BCUT2D eigenvalue weighted by Gasteiger charge is -2.08. The smallest absolute Gasteiger partial charge is 0.347 e. The van der Waals surface area contributed by atoms with Gasteiger partial charge in [-0.25, -0.2) is 4.79 Å². The van der Waals surface area contributed by atoms with Crippen molar-refractivity contribution in [1.29, 1.82) is 0 Å². The number of esters is 1. The molecule has 0 radical (unpaired) electrons. The molecule has 0 bridgehead atoms. The van der Waals surface area contributed by atoms with Crippen LogP contribution in [0.5, 0.6) is 5.75 Å². The van der Waals surface area contributed by atoms with Gasteiger partial charge in [0.2, 0.25) is 0 Å². The van der Waals surface area contributed by atoms with Crippen LogP contribution in [0.2, 0.25) is 0 Å². The van der Waals surface area contributed by atoms with Gasteiger partial charge in [0, 0.05) is 6.42 Å². The Morgan fingerprint density at radius 2 is 2.41 bits per heavy atom. The molecule has 1 aromatic carbocycles. The van der Waals surface area contributed by atoms with Gasteiger partial charge in [-0.05, 0) is 37.1 Å². The standard InChI is InChI=1S/C13H17NO3/c1-2-16-13(15)12-8-10-7-9(5-6-14)3-4-11(10)17-12/h3-4,7,12H,2,5-6,8,14H2,1H3. The second-order valence-corrected chi connectivity index (χ2v) is 4.04. The average Bonchev–Trinajstić information content (AvgIpc) is 2.73. The first-order chi connectivity index (χ1) is 8.24. The van der Waals surface area contributed by atoms with Crippen LogP contribution in [0.1, 0.15) is 18.1 Å². The van der Waals surface area contributed by atoms with Gasteiger partial charge in [0.25, 0.3) is 0 Å². The van der Waals surface area contributed by atoms with Crippen molar-refractivity contribution >= 4 is 5.97 Å². The Morgan fingerprint density at radius 1 is 1.59 bits per heavy atom. The molecule has 1 heterocycles. The van der Waals surface area contributed by atoms with Crippen molar-refractivity contribution in [2.45, 2.75) is 25.9 Å². The SMILES string of the molecule is CCOC(=O)C1Cc2cc(CCN)ccc2O1. The van der Waals surface area contributed by atoms with Crippen LogP contribution in [-0.4, -0.2) is 25.2 Å². The predicted molar refractivity (Wildman–Crippen MR) is 64.0 cm³/mol. The van der Waals surface area contributed by atoms with Crippen LogP contribution in [0, 0.1) is 0 Å². The Bertz CT molecular complexity index is 417. The molecule has 92 valence electrons. The van der Waals surface area contributed by atoms with Crippen LogP contribution in [0.3, 0.4) is 0 Å². The first kappa shape index (κ1) is 11.9. The third-order valence-corrected chi connectivity index (χ3v) is 2.78. The van der Waals surface area contributed by atoms with Gasteiger partial charge in [-0.3, -0.25) is 0 Å². The highest BCUT2D eigenvalue weighted by Crippen LogP contribution is 2.30. The largest absolute Gasteiger partial charge is 0.478 e. The summed E-state index contributed by atoms with van der Waals surface area (Å²) in [5, 5.41) is 0. The van der Waals surface area contributed by atoms with Crippen molar-refractivity contribution in [3.8, 4) is 5.75 Å². The molecule has 1 unspecified atom stereocenters. The number of carbonyl (C=O) groups excluding carboxylic acids is 1. The maximum Gasteiger partial charge on any atom is 0.347 e. The van der Waals surface area contributed by atoms with Crippen LogP contribution in [-0.2, 0) is 22.4 Å². The van der Waals surface area contributed by atoms with E-state index < -0.39 is 6.10 Å². The molecule has 4 heteroatoms.